The van der Waals surface area contributed by atoms with E-state index in [1.165, 1.54) is 0 Å². The number of amides is 2. The Morgan fingerprint density at radius 1 is 1.43 bits per heavy atom. The van der Waals surface area contributed by atoms with Crippen molar-refractivity contribution in [3.05, 3.63) is 29.8 Å². The van der Waals surface area contributed by atoms with Crippen LogP contribution in [0.5, 0.6) is 0 Å². The lowest BCUT2D eigenvalue weighted by molar-refractivity contribution is -0.129. The molecule has 0 aliphatic carbocycles. The predicted octanol–water partition coefficient (Wildman–Crippen LogP) is 1.33. The Labute approximate surface area is 125 Å². The monoisotopic (exact) mass is 289 g/mol. The molecular formula is C16H23N3O2. The summed E-state index contributed by atoms with van der Waals surface area (Å²) in [6.45, 7) is 3.33. The van der Waals surface area contributed by atoms with Crippen LogP contribution in [0.15, 0.2) is 24.3 Å². The fourth-order valence-electron chi connectivity index (χ4n) is 2.63. The molecule has 1 atom stereocenters. The fraction of sp³-hybridized carbons (Fsp3) is 0.500. The average Bonchev–Trinajstić information content (AvgIpc) is 2.83. The summed E-state index contributed by atoms with van der Waals surface area (Å²) in [5.74, 6) is 0.186. The zero-order chi connectivity index (χ0) is 15.2. The highest BCUT2D eigenvalue weighted by atomic mass is 16.2. The zero-order valence-electron chi connectivity index (χ0n) is 12.5. The molecule has 2 amide bonds. The molecule has 1 aliphatic rings. The quantitative estimate of drug-likeness (QED) is 0.776. The Kier molecular flexibility index (Phi) is 5.20. The molecule has 2 rings (SSSR count). The van der Waals surface area contributed by atoms with Gasteiger partial charge in [0.15, 0.2) is 0 Å². The number of anilines is 1. The van der Waals surface area contributed by atoms with E-state index < -0.39 is 0 Å². The lowest BCUT2D eigenvalue weighted by Crippen LogP contribution is -2.42. The van der Waals surface area contributed by atoms with E-state index in [2.05, 4.69) is 5.32 Å². The highest BCUT2D eigenvalue weighted by molar-refractivity contribution is 5.79. The first kappa shape index (κ1) is 15.4. The normalized spacial score (nSPS) is 16.0. The SMILES string of the molecule is CC(CN1CCCC1=O)NC(=O)CCc1ccccc1N. The van der Waals surface area contributed by atoms with Gasteiger partial charge in [0.2, 0.25) is 11.8 Å². The first-order chi connectivity index (χ1) is 10.1. The van der Waals surface area contributed by atoms with E-state index in [-0.39, 0.29) is 17.9 Å². The number of nitrogens with one attached hydrogen (secondary N) is 1. The lowest BCUT2D eigenvalue weighted by Gasteiger charge is -2.21. The standard InChI is InChI=1S/C16H23N3O2/c1-12(11-19-10-4-7-16(19)21)18-15(20)9-8-13-5-2-3-6-14(13)17/h2-3,5-6,12H,4,7-11,17H2,1H3,(H,18,20). The summed E-state index contributed by atoms with van der Waals surface area (Å²) >= 11 is 0. The largest absolute Gasteiger partial charge is 0.399 e. The van der Waals surface area contributed by atoms with Crippen molar-refractivity contribution in [1.29, 1.82) is 0 Å². The van der Waals surface area contributed by atoms with Gasteiger partial charge in [-0.25, -0.2) is 0 Å². The molecule has 0 saturated carbocycles. The maximum atomic E-state index is 11.9. The minimum Gasteiger partial charge on any atom is -0.399 e. The van der Waals surface area contributed by atoms with Gasteiger partial charge in [0.05, 0.1) is 0 Å². The minimum atomic E-state index is -0.0207. The maximum Gasteiger partial charge on any atom is 0.222 e. The van der Waals surface area contributed by atoms with Gasteiger partial charge in [0.1, 0.15) is 0 Å². The number of likely N-dealkylation sites (tertiary alicyclic amines) is 1. The van der Waals surface area contributed by atoms with Crippen molar-refractivity contribution < 1.29 is 9.59 Å². The molecule has 21 heavy (non-hydrogen) atoms. The third-order valence-corrected chi connectivity index (χ3v) is 3.75. The topological polar surface area (TPSA) is 75.4 Å². The van der Waals surface area contributed by atoms with Gasteiger partial charge < -0.3 is 16.0 Å². The van der Waals surface area contributed by atoms with Gasteiger partial charge in [-0.15, -0.1) is 0 Å². The second-order valence-electron chi connectivity index (χ2n) is 5.61. The number of aryl methyl sites for hydroxylation is 1. The highest BCUT2D eigenvalue weighted by Crippen LogP contribution is 2.13. The Morgan fingerprint density at radius 3 is 2.86 bits per heavy atom. The molecule has 1 saturated heterocycles. The van der Waals surface area contributed by atoms with Crippen LogP contribution in [-0.2, 0) is 16.0 Å². The number of hydrogen-bond donors (Lipinski definition) is 2. The van der Waals surface area contributed by atoms with E-state index in [0.29, 0.717) is 25.8 Å². The molecule has 0 bridgehead atoms. The van der Waals surface area contributed by atoms with Crippen LogP contribution >= 0.6 is 0 Å². The van der Waals surface area contributed by atoms with E-state index in [1.54, 1.807) is 0 Å². The summed E-state index contributed by atoms with van der Waals surface area (Å²) < 4.78 is 0. The first-order valence-electron chi connectivity index (χ1n) is 7.47. The number of carbonyl (C=O) groups excluding carboxylic acids is 2. The molecule has 1 fully saturated rings. The van der Waals surface area contributed by atoms with E-state index in [1.807, 2.05) is 36.1 Å². The number of hydrogen-bond acceptors (Lipinski definition) is 3. The van der Waals surface area contributed by atoms with Crippen molar-refractivity contribution in [3.8, 4) is 0 Å². The summed E-state index contributed by atoms with van der Waals surface area (Å²) in [7, 11) is 0. The Morgan fingerprint density at radius 2 is 2.19 bits per heavy atom. The smallest absolute Gasteiger partial charge is 0.222 e. The van der Waals surface area contributed by atoms with Crippen LogP contribution in [0.3, 0.4) is 0 Å². The van der Waals surface area contributed by atoms with Crippen molar-refractivity contribution in [2.45, 2.75) is 38.6 Å². The van der Waals surface area contributed by atoms with Crippen LogP contribution in [0.25, 0.3) is 0 Å². The molecule has 114 valence electrons. The number of para-hydroxylation sites is 1. The summed E-state index contributed by atoms with van der Waals surface area (Å²) in [5.41, 5.74) is 7.57. The summed E-state index contributed by atoms with van der Waals surface area (Å²) in [5, 5.41) is 2.94. The van der Waals surface area contributed by atoms with Crippen molar-refractivity contribution in [2.75, 3.05) is 18.8 Å². The van der Waals surface area contributed by atoms with Gasteiger partial charge in [-0.05, 0) is 31.4 Å². The maximum absolute atomic E-state index is 11.9. The number of nitrogen functional groups attached to an aromatic ring is 1. The number of nitrogens with zero attached hydrogens (tertiary/aromatic N) is 1. The molecule has 1 heterocycles. The molecule has 1 aromatic carbocycles. The predicted molar refractivity (Wildman–Crippen MR) is 82.6 cm³/mol. The van der Waals surface area contributed by atoms with E-state index in [4.69, 9.17) is 5.73 Å². The van der Waals surface area contributed by atoms with Gasteiger partial charge in [-0.2, -0.15) is 0 Å². The number of carbonyl (C=O) groups is 2. The molecule has 0 aromatic heterocycles. The number of nitrogens with two attached hydrogens (primary N) is 1. The third kappa shape index (κ3) is 4.48. The molecule has 5 nitrogen and oxygen atoms in total. The van der Waals surface area contributed by atoms with E-state index >= 15 is 0 Å². The van der Waals surface area contributed by atoms with Crippen LogP contribution in [0.4, 0.5) is 5.69 Å². The van der Waals surface area contributed by atoms with Gasteiger partial charge in [-0.3, -0.25) is 9.59 Å². The second kappa shape index (κ2) is 7.11. The molecule has 5 heteroatoms. The number of rotatable bonds is 6. The van der Waals surface area contributed by atoms with Crippen molar-refractivity contribution in [3.63, 3.8) is 0 Å². The second-order valence-corrected chi connectivity index (χ2v) is 5.61. The molecule has 1 unspecified atom stereocenters. The van der Waals surface area contributed by atoms with Gasteiger partial charge in [0, 0.05) is 37.7 Å². The first-order valence-corrected chi connectivity index (χ1v) is 7.47. The zero-order valence-corrected chi connectivity index (χ0v) is 12.5. The van der Waals surface area contributed by atoms with Gasteiger partial charge >= 0.3 is 0 Å². The highest BCUT2D eigenvalue weighted by Gasteiger charge is 2.22. The van der Waals surface area contributed by atoms with Crippen molar-refractivity contribution in [2.24, 2.45) is 0 Å². The molecule has 0 radical (unpaired) electrons. The summed E-state index contributed by atoms with van der Waals surface area (Å²) in [6.07, 6.45) is 2.60. The lowest BCUT2D eigenvalue weighted by atomic mass is 10.1. The average molecular weight is 289 g/mol. The van der Waals surface area contributed by atoms with Crippen LogP contribution in [0, 0.1) is 0 Å². The molecule has 3 N–H and O–H groups in total. The fourth-order valence-corrected chi connectivity index (χ4v) is 2.63. The molecule has 1 aromatic rings. The van der Waals surface area contributed by atoms with Crippen molar-refractivity contribution >= 4 is 17.5 Å². The van der Waals surface area contributed by atoms with Gasteiger partial charge in [0.25, 0.3) is 0 Å². The Bertz CT molecular complexity index is 516. The molecular weight excluding hydrogens is 266 g/mol. The van der Waals surface area contributed by atoms with Crippen LogP contribution < -0.4 is 11.1 Å². The van der Waals surface area contributed by atoms with Crippen molar-refractivity contribution in [1.82, 2.24) is 10.2 Å². The molecule has 1 aliphatic heterocycles. The van der Waals surface area contributed by atoms with Crippen LogP contribution in [0.2, 0.25) is 0 Å². The summed E-state index contributed by atoms with van der Waals surface area (Å²) in [6, 6.07) is 7.57. The Hall–Kier alpha value is -2.04. The van der Waals surface area contributed by atoms with Crippen LogP contribution in [-0.4, -0.2) is 35.8 Å². The Balaban J connectivity index is 1.74. The number of benzene rings is 1. The summed E-state index contributed by atoms with van der Waals surface area (Å²) in [4.78, 5) is 25.3. The van der Waals surface area contributed by atoms with E-state index in [9.17, 15) is 9.59 Å². The molecule has 0 spiro atoms. The van der Waals surface area contributed by atoms with Gasteiger partial charge in [-0.1, -0.05) is 18.2 Å². The van der Waals surface area contributed by atoms with E-state index in [0.717, 1.165) is 24.2 Å². The third-order valence-electron chi connectivity index (χ3n) is 3.75. The van der Waals surface area contributed by atoms with Crippen LogP contribution in [0.1, 0.15) is 31.7 Å². The minimum absolute atomic E-state index is 0.00241.